The molecule has 0 saturated carbocycles. The molecule has 1 saturated heterocycles. The van der Waals surface area contributed by atoms with Gasteiger partial charge in [0, 0.05) is 49.7 Å². The van der Waals surface area contributed by atoms with E-state index in [2.05, 4.69) is 34.9 Å². The second-order valence-electron chi connectivity index (χ2n) is 9.00. The number of aliphatic carboxylic acids is 1. The monoisotopic (exact) mass is 425 g/mol. The van der Waals surface area contributed by atoms with E-state index < -0.39 is 11.4 Å². The third kappa shape index (κ3) is 4.23. The lowest BCUT2D eigenvalue weighted by atomic mass is 9.93. The molecule has 0 bridgehead atoms. The van der Waals surface area contributed by atoms with Crippen LogP contribution in [0.1, 0.15) is 36.1 Å². The highest BCUT2D eigenvalue weighted by Gasteiger charge is 2.32. The molecule has 0 atom stereocenters. The summed E-state index contributed by atoms with van der Waals surface area (Å²) in [6.07, 6.45) is 0.812. The van der Waals surface area contributed by atoms with Crippen LogP contribution in [0.4, 0.5) is 5.69 Å². The van der Waals surface area contributed by atoms with Gasteiger partial charge in [-0.3, -0.25) is 9.69 Å². The van der Waals surface area contributed by atoms with E-state index >= 15 is 0 Å². The third-order valence-electron chi connectivity index (χ3n) is 6.02. The summed E-state index contributed by atoms with van der Waals surface area (Å²) < 4.78 is 0. The highest BCUT2D eigenvalue weighted by Crippen LogP contribution is 2.32. The number of rotatable bonds is 3. The Bertz CT molecular complexity index is 1010. The zero-order valence-electron chi connectivity index (χ0n) is 17.8. The molecule has 158 valence electrons. The predicted molar refractivity (Wildman–Crippen MR) is 121 cm³/mol. The number of aryl methyl sites for hydroxylation is 1. The number of piperazine rings is 1. The van der Waals surface area contributed by atoms with Crippen molar-refractivity contribution in [3.05, 3.63) is 63.7 Å². The van der Waals surface area contributed by atoms with Crippen LogP contribution in [0.3, 0.4) is 0 Å². The minimum atomic E-state index is -0.752. The molecular weight excluding hydrogens is 398 g/mol. The molecule has 4 rings (SSSR count). The number of benzene rings is 2. The van der Waals surface area contributed by atoms with E-state index in [9.17, 15) is 9.90 Å². The van der Waals surface area contributed by atoms with Gasteiger partial charge in [-0.25, -0.2) is 4.99 Å². The number of aliphatic imine (C=N–C) groups is 1. The third-order valence-corrected chi connectivity index (χ3v) is 6.26. The van der Waals surface area contributed by atoms with Gasteiger partial charge in [-0.1, -0.05) is 35.4 Å². The smallest absolute Gasteiger partial charge is 0.310 e. The van der Waals surface area contributed by atoms with Crippen molar-refractivity contribution in [3.8, 4) is 0 Å². The van der Waals surface area contributed by atoms with Crippen molar-refractivity contribution in [3.63, 3.8) is 0 Å². The molecule has 2 aliphatic rings. The molecule has 0 amide bonds. The Hall–Kier alpha value is -2.37. The number of halogens is 1. The van der Waals surface area contributed by atoms with Gasteiger partial charge < -0.3 is 10.0 Å². The quantitative estimate of drug-likeness (QED) is 0.793. The molecule has 1 fully saturated rings. The van der Waals surface area contributed by atoms with Crippen molar-refractivity contribution in [2.24, 2.45) is 10.4 Å². The SMILES string of the molecule is Cc1ccc2c(c1)Cc1cc(Cl)ccc1N=C2N1CCN(CC(C)(C)C(=O)O)CC1. The summed E-state index contributed by atoms with van der Waals surface area (Å²) in [5.74, 6) is 0.251. The van der Waals surface area contributed by atoms with Crippen molar-refractivity contribution in [2.75, 3.05) is 32.7 Å². The molecule has 0 unspecified atom stereocenters. The molecular formula is C24H28ClN3O2. The van der Waals surface area contributed by atoms with Crippen LogP contribution < -0.4 is 0 Å². The standard InChI is InChI=1S/C24H28ClN3O2/c1-16-4-6-20-17(12-16)13-18-14-19(25)5-7-21(18)26-22(20)28-10-8-27(9-11-28)15-24(2,3)23(29)30/h4-7,12,14H,8-11,13,15H2,1-3H3,(H,29,30). The molecule has 0 aliphatic carbocycles. The van der Waals surface area contributed by atoms with E-state index in [1.54, 1.807) is 13.8 Å². The molecule has 2 heterocycles. The average molecular weight is 426 g/mol. The van der Waals surface area contributed by atoms with Crippen molar-refractivity contribution in [1.82, 2.24) is 9.80 Å². The van der Waals surface area contributed by atoms with Gasteiger partial charge in [-0.2, -0.15) is 0 Å². The Morgan fingerprint density at radius 2 is 1.83 bits per heavy atom. The lowest BCUT2D eigenvalue weighted by Gasteiger charge is -2.39. The highest BCUT2D eigenvalue weighted by atomic mass is 35.5. The maximum atomic E-state index is 11.5. The number of nitrogens with zero attached hydrogens (tertiary/aromatic N) is 3. The van der Waals surface area contributed by atoms with Crippen LogP contribution in [0, 0.1) is 12.3 Å². The van der Waals surface area contributed by atoms with Crippen molar-refractivity contribution < 1.29 is 9.90 Å². The number of hydrogen-bond donors (Lipinski definition) is 1. The van der Waals surface area contributed by atoms with E-state index in [0.717, 1.165) is 54.7 Å². The summed E-state index contributed by atoms with van der Waals surface area (Å²) in [4.78, 5) is 21.1. The van der Waals surface area contributed by atoms with E-state index in [1.165, 1.54) is 16.7 Å². The van der Waals surface area contributed by atoms with E-state index in [1.807, 2.05) is 18.2 Å². The minimum absolute atomic E-state index is 0.555. The van der Waals surface area contributed by atoms with Gasteiger partial charge >= 0.3 is 5.97 Å². The van der Waals surface area contributed by atoms with Crippen molar-refractivity contribution in [1.29, 1.82) is 0 Å². The summed E-state index contributed by atoms with van der Waals surface area (Å²) in [5.41, 5.74) is 5.05. The largest absolute Gasteiger partial charge is 0.481 e. The average Bonchev–Trinajstić information content (AvgIpc) is 2.84. The second-order valence-corrected chi connectivity index (χ2v) is 9.43. The van der Waals surface area contributed by atoms with Gasteiger partial charge in [-0.05, 0) is 50.1 Å². The summed E-state index contributed by atoms with van der Waals surface area (Å²) >= 11 is 6.26. The van der Waals surface area contributed by atoms with Crippen molar-refractivity contribution >= 4 is 29.1 Å². The minimum Gasteiger partial charge on any atom is -0.481 e. The van der Waals surface area contributed by atoms with Gasteiger partial charge in [0.15, 0.2) is 0 Å². The summed E-state index contributed by atoms with van der Waals surface area (Å²) in [5, 5.41) is 10.2. The Balaban J connectivity index is 1.62. The Kier molecular flexibility index (Phi) is 5.60. The first-order valence-corrected chi connectivity index (χ1v) is 10.8. The van der Waals surface area contributed by atoms with Crippen LogP contribution in [0.2, 0.25) is 5.02 Å². The number of carboxylic acid groups (broad SMARTS) is 1. The van der Waals surface area contributed by atoms with Crippen LogP contribution in [0.5, 0.6) is 0 Å². The van der Waals surface area contributed by atoms with Gasteiger partial charge in [0.1, 0.15) is 5.84 Å². The normalized spacial score (nSPS) is 17.1. The Labute approximate surface area is 183 Å². The maximum absolute atomic E-state index is 11.5. The molecule has 5 nitrogen and oxygen atoms in total. The molecule has 6 heteroatoms. The van der Waals surface area contributed by atoms with E-state index in [0.29, 0.717) is 6.54 Å². The van der Waals surface area contributed by atoms with Gasteiger partial charge in [0.25, 0.3) is 0 Å². The zero-order valence-corrected chi connectivity index (χ0v) is 18.5. The van der Waals surface area contributed by atoms with Crippen LogP contribution in [0.15, 0.2) is 41.4 Å². The van der Waals surface area contributed by atoms with Crippen LogP contribution in [-0.2, 0) is 11.2 Å². The fourth-order valence-corrected chi connectivity index (χ4v) is 4.45. The Morgan fingerprint density at radius 3 is 2.53 bits per heavy atom. The van der Waals surface area contributed by atoms with Crippen LogP contribution in [-0.4, -0.2) is 59.4 Å². The maximum Gasteiger partial charge on any atom is 0.310 e. The molecule has 1 N–H and O–H groups in total. The predicted octanol–water partition coefficient (Wildman–Crippen LogP) is 4.36. The molecule has 2 aromatic rings. The zero-order chi connectivity index (χ0) is 21.5. The van der Waals surface area contributed by atoms with Gasteiger partial charge in [0.2, 0.25) is 0 Å². The first kappa shape index (κ1) is 20.9. The lowest BCUT2D eigenvalue weighted by molar-refractivity contribution is -0.148. The fourth-order valence-electron chi connectivity index (χ4n) is 4.26. The molecule has 0 aromatic heterocycles. The number of carbonyl (C=O) groups is 1. The van der Waals surface area contributed by atoms with Crippen LogP contribution in [0.25, 0.3) is 0 Å². The van der Waals surface area contributed by atoms with Crippen molar-refractivity contribution in [2.45, 2.75) is 27.2 Å². The molecule has 0 radical (unpaired) electrons. The topological polar surface area (TPSA) is 56.1 Å². The van der Waals surface area contributed by atoms with E-state index in [-0.39, 0.29) is 0 Å². The number of hydrogen-bond acceptors (Lipinski definition) is 4. The summed E-state index contributed by atoms with van der Waals surface area (Å²) in [6, 6.07) is 12.5. The first-order valence-electron chi connectivity index (χ1n) is 10.4. The summed E-state index contributed by atoms with van der Waals surface area (Å²) in [7, 11) is 0. The van der Waals surface area contributed by atoms with Gasteiger partial charge in [0.05, 0.1) is 11.1 Å². The fraction of sp³-hybridized carbons (Fsp3) is 0.417. The lowest BCUT2D eigenvalue weighted by Crippen LogP contribution is -2.52. The second kappa shape index (κ2) is 8.05. The number of fused-ring (bicyclic) bond motifs is 2. The molecule has 2 aromatic carbocycles. The summed E-state index contributed by atoms with van der Waals surface area (Å²) in [6.45, 7) is 9.55. The molecule has 30 heavy (non-hydrogen) atoms. The highest BCUT2D eigenvalue weighted by molar-refractivity contribution is 6.30. The molecule has 0 spiro atoms. The van der Waals surface area contributed by atoms with Crippen LogP contribution >= 0.6 is 11.6 Å². The first-order chi connectivity index (χ1) is 14.2. The Morgan fingerprint density at radius 1 is 1.10 bits per heavy atom. The van der Waals surface area contributed by atoms with Gasteiger partial charge in [-0.15, -0.1) is 0 Å². The van der Waals surface area contributed by atoms with E-state index in [4.69, 9.17) is 16.6 Å². The number of carboxylic acids is 1. The number of amidine groups is 1. The molecule has 2 aliphatic heterocycles.